The number of nitrogens with zero attached hydrogens (tertiary/aromatic N) is 5. The van der Waals surface area contributed by atoms with Crippen LogP contribution >= 0.6 is 11.8 Å². The minimum absolute atomic E-state index is 0.518. The molecule has 3 aromatic rings. The van der Waals surface area contributed by atoms with Crippen LogP contribution in [0.5, 0.6) is 0 Å². The Labute approximate surface area is 119 Å². The van der Waals surface area contributed by atoms with Crippen molar-refractivity contribution in [2.45, 2.75) is 31.3 Å². The molecule has 0 saturated heterocycles. The summed E-state index contributed by atoms with van der Waals surface area (Å²) in [6, 6.07) is 3.74. The van der Waals surface area contributed by atoms with E-state index in [2.05, 4.69) is 20.7 Å². The molecular weight excluding hydrogens is 278 g/mol. The van der Waals surface area contributed by atoms with Gasteiger partial charge >= 0.3 is 0 Å². The zero-order valence-electron chi connectivity index (χ0n) is 11.1. The van der Waals surface area contributed by atoms with Crippen LogP contribution in [-0.4, -0.2) is 25.4 Å². The van der Waals surface area contributed by atoms with Gasteiger partial charge in [0.05, 0.1) is 12.0 Å². The van der Waals surface area contributed by atoms with Crippen molar-refractivity contribution < 1.29 is 8.94 Å². The number of aromatic nitrogens is 5. The summed E-state index contributed by atoms with van der Waals surface area (Å²) in [7, 11) is 0. The van der Waals surface area contributed by atoms with Crippen molar-refractivity contribution in [1.29, 1.82) is 0 Å². The Bertz CT molecular complexity index is 669. The van der Waals surface area contributed by atoms with E-state index in [-0.39, 0.29) is 0 Å². The van der Waals surface area contributed by atoms with E-state index in [0.717, 1.165) is 33.7 Å². The van der Waals surface area contributed by atoms with Crippen LogP contribution in [0.4, 0.5) is 0 Å². The molecule has 0 spiro atoms. The normalized spacial score (nSPS) is 11.1. The van der Waals surface area contributed by atoms with E-state index in [9.17, 15) is 0 Å². The van der Waals surface area contributed by atoms with Gasteiger partial charge in [0.15, 0.2) is 0 Å². The second-order valence-corrected chi connectivity index (χ2v) is 5.23. The van der Waals surface area contributed by atoms with E-state index in [0.29, 0.717) is 6.54 Å². The number of aryl methyl sites for hydroxylation is 2. The lowest BCUT2D eigenvalue weighted by molar-refractivity contribution is 0.392. The number of hydrogen-bond donors (Lipinski definition) is 0. The van der Waals surface area contributed by atoms with E-state index < -0.39 is 0 Å². The highest BCUT2D eigenvalue weighted by atomic mass is 32.2. The van der Waals surface area contributed by atoms with Crippen molar-refractivity contribution in [2.75, 3.05) is 0 Å². The third kappa shape index (κ3) is 2.60. The van der Waals surface area contributed by atoms with E-state index in [1.54, 1.807) is 22.7 Å². The van der Waals surface area contributed by atoms with Crippen molar-refractivity contribution in [3.8, 4) is 0 Å². The summed E-state index contributed by atoms with van der Waals surface area (Å²) in [6.45, 7) is 4.35. The zero-order chi connectivity index (χ0) is 13.9. The number of thioether (sulfide) groups is 1. The maximum Gasteiger partial charge on any atom is 0.210 e. The summed E-state index contributed by atoms with van der Waals surface area (Å²) in [5, 5.41) is 16.4. The highest BCUT2D eigenvalue weighted by Gasteiger charge is 2.13. The van der Waals surface area contributed by atoms with Gasteiger partial charge < -0.3 is 8.94 Å². The molecule has 3 rings (SSSR count). The molecule has 3 heterocycles. The molecule has 0 bridgehead atoms. The second-order valence-electron chi connectivity index (χ2n) is 4.29. The third-order valence-electron chi connectivity index (χ3n) is 2.91. The van der Waals surface area contributed by atoms with Gasteiger partial charge in [-0.2, -0.15) is 0 Å². The Kier molecular flexibility index (Phi) is 3.55. The summed E-state index contributed by atoms with van der Waals surface area (Å²) in [5.41, 5.74) is 1.99. The molecule has 0 aliphatic rings. The number of rotatable bonds is 5. The standard InChI is InChI=1S/C12H13N5O2S/c1-8-11(9(2)19-14-8)7-20-12-13-15-16-17(12)6-10-4-3-5-18-10/h3-5H,6-7H2,1-2H3. The van der Waals surface area contributed by atoms with Crippen LogP contribution in [0.1, 0.15) is 22.8 Å². The van der Waals surface area contributed by atoms with E-state index in [1.807, 2.05) is 26.0 Å². The first kappa shape index (κ1) is 12.9. The predicted molar refractivity (Wildman–Crippen MR) is 71.2 cm³/mol. The second kappa shape index (κ2) is 5.49. The van der Waals surface area contributed by atoms with E-state index >= 15 is 0 Å². The molecule has 0 radical (unpaired) electrons. The quantitative estimate of drug-likeness (QED) is 0.666. The van der Waals surface area contributed by atoms with E-state index in [1.165, 1.54) is 0 Å². The molecule has 0 saturated carbocycles. The lowest BCUT2D eigenvalue weighted by atomic mass is 10.2. The fourth-order valence-electron chi connectivity index (χ4n) is 1.79. The van der Waals surface area contributed by atoms with Crippen molar-refractivity contribution in [3.05, 3.63) is 41.2 Å². The van der Waals surface area contributed by atoms with Crippen LogP contribution in [0.25, 0.3) is 0 Å². The first-order valence-electron chi connectivity index (χ1n) is 6.07. The molecule has 104 valence electrons. The average molecular weight is 291 g/mol. The van der Waals surface area contributed by atoms with E-state index in [4.69, 9.17) is 8.94 Å². The summed E-state index contributed by atoms with van der Waals surface area (Å²) in [5.74, 6) is 2.37. The van der Waals surface area contributed by atoms with Gasteiger partial charge in [0, 0.05) is 11.3 Å². The molecule has 0 aliphatic carbocycles. The fourth-order valence-corrected chi connectivity index (χ4v) is 2.82. The Morgan fingerprint density at radius 3 is 2.95 bits per heavy atom. The maximum absolute atomic E-state index is 5.30. The molecule has 0 aliphatic heterocycles. The third-order valence-corrected chi connectivity index (χ3v) is 3.90. The van der Waals surface area contributed by atoms with Gasteiger partial charge in [-0.05, 0) is 36.4 Å². The number of tetrazole rings is 1. The van der Waals surface area contributed by atoms with Crippen molar-refractivity contribution in [3.63, 3.8) is 0 Å². The SMILES string of the molecule is Cc1noc(C)c1CSc1nnnn1Cc1ccco1. The van der Waals surface area contributed by atoms with Crippen LogP contribution in [0, 0.1) is 13.8 Å². The lowest BCUT2D eigenvalue weighted by Crippen LogP contribution is -2.03. The Hall–Kier alpha value is -2.09. The summed E-state index contributed by atoms with van der Waals surface area (Å²) < 4.78 is 12.2. The van der Waals surface area contributed by atoms with Crippen molar-refractivity contribution in [2.24, 2.45) is 0 Å². The smallest absolute Gasteiger partial charge is 0.210 e. The van der Waals surface area contributed by atoms with Crippen LogP contribution in [0.15, 0.2) is 32.5 Å². The van der Waals surface area contributed by atoms with Crippen LogP contribution in [0.2, 0.25) is 0 Å². The van der Waals surface area contributed by atoms with Crippen molar-refractivity contribution in [1.82, 2.24) is 25.4 Å². The van der Waals surface area contributed by atoms with Gasteiger partial charge in [-0.3, -0.25) is 0 Å². The average Bonchev–Trinajstić information content (AvgIpc) is 3.14. The first-order chi connectivity index (χ1) is 9.74. The van der Waals surface area contributed by atoms with Crippen LogP contribution in [0.3, 0.4) is 0 Å². The lowest BCUT2D eigenvalue weighted by Gasteiger charge is -2.02. The minimum Gasteiger partial charge on any atom is -0.467 e. The van der Waals surface area contributed by atoms with Gasteiger partial charge in [-0.15, -0.1) is 5.10 Å². The highest BCUT2D eigenvalue weighted by Crippen LogP contribution is 2.24. The zero-order valence-corrected chi connectivity index (χ0v) is 11.9. The Balaban J connectivity index is 1.71. The highest BCUT2D eigenvalue weighted by molar-refractivity contribution is 7.98. The Morgan fingerprint density at radius 1 is 1.35 bits per heavy atom. The largest absolute Gasteiger partial charge is 0.467 e. The molecule has 20 heavy (non-hydrogen) atoms. The molecule has 3 aromatic heterocycles. The fraction of sp³-hybridized carbons (Fsp3) is 0.333. The minimum atomic E-state index is 0.518. The molecule has 7 nitrogen and oxygen atoms in total. The number of hydrogen-bond acceptors (Lipinski definition) is 7. The van der Waals surface area contributed by atoms with Gasteiger partial charge in [-0.25, -0.2) is 4.68 Å². The summed E-state index contributed by atoms with van der Waals surface area (Å²) in [6.07, 6.45) is 1.64. The van der Waals surface area contributed by atoms with Crippen molar-refractivity contribution >= 4 is 11.8 Å². The van der Waals surface area contributed by atoms with Crippen LogP contribution < -0.4 is 0 Å². The Morgan fingerprint density at radius 2 is 2.25 bits per heavy atom. The monoisotopic (exact) mass is 291 g/mol. The van der Waals surface area contributed by atoms with Gasteiger partial charge in [-0.1, -0.05) is 16.9 Å². The molecule has 0 fully saturated rings. The molecule has 0 unspecified atom stereocenters. The molecular formula is C12H13N5O2S. The predicted octanol–water partition coefficient (Wildman–Crippen LogP) is 2.21. The summed E-state index contributed by atoms with van der Waals surface area (Å²) >= 11 is 1.55. The van der Waals surface area contributed by atoms with Crippen LogP contribution in [-0.2, 0) is 12.3 Å². The first-order valence-corrected chi connectivity index (χ1v) is 7.05. The summed E-state index contributed by atoms with van der Waals surface area (Å²) in [4.78, 5) is 0. The molecule has 0 N–H and O–H groups in total. The number of furan rings is 1. The molecule has 0 amide bonds. The molecule has 0 aromatic carbocycles. The topological polar surface area (TPSA) is 82.8 Å². The maximum atomic E-state index is 5.30. The van der Waals surface area contributed by atoms with Gasteiger partial charge in [0.2, 0.25) is 5.16 Å². The van der Waals surface area contributed by atoms with Gasteiger partial charge in [0.1, 0.15) is 18.1 Å². The molecule has 0 atom stereocenters. The molecule has 8 heteroatoms. The van der Waals surface area contributed by atoms with Gasteiger partial charge in [0.25, 0.3) is 0 Å².